The molecule has 1 saturated heterocycles. The van der Waals surface area contributed by atoms with Crippen molar-refractivity contribution < 1.29 is 22.6 Å². The molecule has 1 fully saturated rings. The van der Waals surface area contributed by atoms with Gasteiger partial charge in [0.2, 0.25) is 0 Å². The van der Waals surface area contributed by atoms with Crippen LogP contribution in [0.1, 0.15) is 30.4 Å². The number of rotatable bonds is 11. The van der Waals surface area contributed by atoms with Crippen LogP contribution in [0.5, 0.6) is 0 Å². The molecule has 0 aliphatic carbocycles. The van der Waals surface area contributed by atoms with E-state index in [-0.39, 0.29) is 6.04 Å². The molecule has 6 nitrogen and oxygen atoms in total. The summed E-state index contributed by atoms with van der Waals surface area (Å²) in [6.45, 7) is 5.15. The first-order valence-electron chi connectivity index (χ1n) is 10.3. The highest BCUT2D eigenvalue weighted by Gasteiger charge is 2.30. The van der Waals surface area contributed by atoms with Crippen LogP contribution in [-0.4, -0.2) is 70.5 Å². The van der Waals surface area contributed by atoms with Crippen molar-refractivity contribution in [2.75, 3.05) is 53.6 Å². The van der Waals surface area contributed by atoms with Crippen LogP contribution < -0.4 is 10.6 Å². The van der Waals surface area contributed by atoms with Crippen LogP contribution in [0.15, 0.2) is 29.3 Å². The average molecular weight is 431 g/mol. The van der Waals surface area contributed by atoms with Gasteiger partial charge in [-0.15, -0.1) is 0 Å². The van der Waals surface area contributed by atoms with Gasteiger partial charge in [-0.05, 0) is 37.0 Å². The number of alkyl halides is 3. The molecule has 2 N–H and O–H groups in total. The Kier molecular flexibility index (Phi) is 10.4. The minimum atomic E-state index is -4.29. The molecule has 1 aliphatic rings. The molecule has 0 radical (unpaired) electrons. The molecule has 1 aromatic rings. The minimum absolute atomic E-state index is 0.267. The van der Waals surface area contributed by atoms with Crippen LogP contribution in [0.25, 0.3) is 0 Å². The van der Waals surface area contributed by atoms with Crippen molar-refractivity contribution in [3.05, 3.63) is 35.4 Å². The molecule has 9 heteroatoms. The second kappa shape index (κ2) is 12.8. The summed E-state index contributed by atoms with van der Waals surface area (Å²) in [5, 5.41) is 6.75. The maximum atomic E-state index is 12.7. The SMILES string of the molecule is CN=C(NCCCCOCCOC)NC1CCN(Cc2ccc(C(F)(F)F)cc2)C1. The van der Waals surface area contributed by atoms with Gasteiger partial charge in [0.15, 0.2) is 5.96 Å². The first-order valence-corrected chi connectivity index (χ1v) is 10.3. The van der Waals surface area contributed by atoms with E-state index in [2.05, 4.69) is 20.5 Å². The van der Waals surface area contributed by atoms with E-state index in [1.165, 1.54) is 0 Å². The molecule has 0 aromatic heterocycles. The third kappa shape index (κ3) is 8.89. The van der Waals surface area contributed by atoms with Gasteiger partial charge in [0, 0.05) is 53.0 Å². The Morgan fingerprint density at radius 3 is 2.60 bits per heavy atom. The monoisotopic (exact) mass is 430 g/mol. The van der Waals surface area contributed by atoms with Crippen molar-refractivity contribution in [3.8, 4) is 0 Å². The Balaban J connectivity index is 1.64. The lowest BCUT2D eigenvalue weighted by Crippen LogP contribution is -2.44. The van der Waals surface area contributed by atoms with Gasteiger partial charge in [-0.1, -0.05) is 12.1 Å². The number of guanidine groups is 1. The number of aliphatic imine (C=N–C) groups is 1. The minimum Gasteiger partial charge on any atom is -0.382 e. The highest BCUT2D eigenvalue weighted by atomic mass is 19.4. The molecule has 0 bridgehead atoms. The fourth-order valence-corrected chi connectivity index (χ4v) is 3.32. The molecule has 0 spiro atoms. The van der Waals surface area contributed by atoms with Crippen LogP contribution >= 0.6 is 0 Å². The van der Waals surface area contributed by atoms with Crippen LogP contribution in [0, 0.1) is 0 Å². The summed E-state index contributed by atoms with van der Waals surface area (Å²) in [6.07, 6.45) is -1.37. The van der Waals surface area contributed by atoms with Gasteiger partial charge in [-0.3, -0.25) is 9.89 Å². The third-order valence-corrected chi connectivity index (χ3v) is 4.96. The molecule has 30 heavy (non-hydrogen) atoms. The molecule has 1 atom stereocenters. The quantitative estimate of drug-likeness (QED) is 0.321. The van der Waals surface area contributed by atoms with Crippen LogP contribution in [0.3, 0.4) is 0 Å². The highest BCUT2D eigenvalue weighted by molar-refractivity contribution is 5.79. The second-order valence-electron chi connectivity index (χ2n) is 7.37. The van der Waals surface area contributed by atoms with Gasteiger partial charge in [0.25, 0.3) is 0 Å². The van der Waals surface area contributed by atoms with Crippen molar-refractivity contribution in [1.82, 2.24) is 15.5 Å². The van der Waals surface area contributed by atoms with Crippen LogP contribution in [0.2, 0.25) is 0 Å². The largest absolute Gasteiger partial charge is 0.416 e. The van der Waals surface area contributed by atoms with E-state index in [0.717, 1.165) is 69.2 Å². The predicted molar refractivity (Wildman–Crippen MR) is 112 cm³/mol. The summed E-state index contributed by atoms with van der Waals surface area (Å²) >= 11 is 0. The number of hydrogen-bond donors (Lipinski definition) is 2. The van der Waals surface area contributed by atoms with E-state index in [1.54, 1.807) is 26.3 Å². The predicted octanol–water partition coefficient (Wildman–Crippen LogP) is 2.89. The standard InChI is InChI=1S/C21H33F3N4O2/c1-25-20(26-10-3-4-12-30-14-13-29-2)27-19-9-11-28(16-19)15-17-5-7-18(8-6-17)21(22,23)24/h5-8,19H,3-4,9-16H2,1-2H3,(H2,25,26,27). The van der Waals surface area contributed by atoms with Gasteiger partial charge in [0.05, 0.1) is 18.8 Å². The normalized spacial score (nSPS) is 18.0. The molecular weight excluding hydrogens is 397 g/mol. The maximum Gasteiger partial charge on any atom is 0.416 e. The summed E-state index contributed by atoms with van der Waals surface area (Å²) in [6, 6.07) is 5.68. The number of hydrogen-bond acceptors (Lipinski definition) is 4. The van der Waals surface area contributed by atoms with E-state index < -0.39 is 11.7 Å². The molecular formula is C21H33F3N4O2. The van der Waals surface area contributed by atoms with E-state index in [1.807, 2.05) is 0 Å². The van der Waals surface area contributed by atoms with Crippen molar-refractivity contribution in [3.63, 3.8) is 0 Å². The van der Waals surface area contributed by atoms with Gasteiger partial charge in [-0.25, -0.2) is 0 Å². The molecule has 0 saturated carbocycles. The number of benzene rings is 1. The highest BCUT2D eigenvalue weighted by Crippen LogP contribution is 2.29. The smallest absolute Gasteiger partial charge is 0.382 e. The summed E-state index contributed by atoms with van der Waals surface area (Å²) in [5.41, 5.74) is 0.280. The second-order valence-corrected chi connectivity index (χ2v) is 7.37. The maximum absolute atomic E-state index is 12.7. The molecule has 2 rings (SSSR count). The Morgan fingerprint density at radius 2 is 1.93 bits per heavy atom. The van der Waals surface area contributed by atoms with Crippen LogP contribution in [-0.2, 0) is 22.2 Å². The van der Waals surface area contributed by atoms with E-state index in [9.17, 15) is 13.2 Å². The van der Waals surface area contributed by atoms with E-state index >= 15 is 0 Å². The average Bonchev–Trinajstić information content (AvgIpc) is 3.15. The summed E-state index contributed by atoms with van der Waals surface area (Å²) in [7, 11) is 3.41. The lowest BCUT2D eigenvalue weighted by atomic mass is 10.1. The summed E-state index contributed by atoms with van der Waals surface area (Å²) in [4.78, 5) is 6.51. The zero-order valence-corrected chi connectivity index (χ0v) is 17.8. The molecule has 1 aromatic carbocycles. The van der Waals surface area contributed by atoms with Crippen molar-refractivity contribution in [2.45, 2.75) is 38.0 Å². The van der Waals surface area contributed by atoms with Crippen molar-refractivity contribution in [1.29, 1.82) is 0 Å². The fourth-order valence-electron chi connectivity index (χ4n) is 3.32. The summed E-state index contributed by atoms with van der Waals surface area (Å²) in [5.74, 6) is 0.775. The number of nitrogens with one attached hydrogen (secondary N) is 2. The lowest BCUT2D eigenvalue weighted by Gasteiger charge is -2.19. The number of likely N-dealkylation sites (tertiary alicyclic amines) is 1. The Bertz CT molecular complexity index is 638. The van der Waals surface area contributed by atoms with E-state index in [4.69, 9.17) is 9.47 Å². The van der Waals surface area contributed by atoms with Gasteiger partial charge in [0.1, 0.15) is 0 Å². The van der Waals surface area contributed by atoms with Gasteiger partial charge in [-0.2, -0.15) is 13.2 Å². The summed E-state index contributed by atoms with van der Waals surface area (Å²) < 4.78 is 48.4. The van der Waals surface area contributed by atoms with Crippen molar-refractivity contribution >= 4 is 5.96 Å². The third-order valence-electron chi connectivity index (χ3n) is 4.96. The number of methoxy groups -OCH3 is 1. The molecule has 0 amide bonds. The van der Waals surface area contributed by atoms with Gasteiger partial charge >= 0.3 is 6.18 Å². The van der Waals surface area contributed by atoms with Gasteiger partial charge < -0.3 is 20.1 Å². The first kappa shape index (κ1) is 24.4. The van der Waals surface area contributed by atoms with Crippen LogP contribution in [0.4, 0.5) is 13.2 Å². The number of nitrogens with zero attached hydrogens (tertiary/aromatic N) is 2. The first-order chi connectivity index (χ1) is 14.4. The molecule has 1 aliphatic heterocycles. The zero-order chi connectivity index (χ0) is 21.8. The molecule has 1 unspecified atom stereocenters. The number of unbranched alkanes of at least 4 members (excludes halogenated alkanes) is 1. The fraction of sp³-hybridized carbons (Fsp3) is 0.667. The van der Waals surface area contributed by atoms with E-state index in [0.29, 0.717) is 19.8 Å². The molecule has 1 heterocycles. The Hall–Kier alpha value is -1.84. The number of halogens is 3. The Morgan fingerprint density at radius 1 is 1.17 bits per heavy atom. The molecule has 170 valence electrons. The zero-order valence-electron chi connectivity index (χ0n) is 17.8. The number of ether oxygens (including phenoxy) is 2. The lowest BCUT2D eigenvalue weighted by molar-refractivity contribution is -0.137. The Labute approximate surface area is 176 Å². The topological polar surface area (TPSA) is 58.1 Å². The van der Waals surface area contributed by atoms with Crippen molar-refractivity contribution in [2.24, 2.45) is 4.99 Å².